The van der Waals surface area contributed by atoms with Crippen molar-refractivity contribution in [1.29, 1.82) is 0 Å². The van der Waals surface area contributed by atoms with Crippen molar-refractivity contribution in [3.05, 3.63) is 214 Å². The van der Waals surface area contributed by atoms with Crippen LogP contribution in [0.1, 0.15) is 22.3 Å². The highest BCUT2D eigenvalue weighted by molar-refractivity contribution is 6.09. The summed E-state index contributed by atoms with van der Waals surface area (Å²) in [4.78, 5) is 11.7. The van der Waals surface area contributed by atoms with Gasteiger partial charge in [0.1, 0.15) is 0 Å². The van der Waals surface area contributed by atoms with E-state index in [0.717, 1.165) is 60.9 Å². The molecule has 2 aliphatic rings. The van der Waals surface area contributed by atoms with Crippen LogP contribution in [0, 0.1) is 58.2 Å². The fourth-order valence-corrected chi connectivity index (χ4v) is 9.94. The van der Waals surface area contributed by atoms with Crippen molar-refractivity contribution in [3.8, 4) is 62.1 Å². The molecule has 14 heteroatoms. The lowest BCUT2D eigenvalue weighted by molar-refractivity contribution is 0.380. The SMILES string of the molecule is Fc1c(F)c(F)c(-c2nc(-c3ccc4c(c3)C3(c5ccccc5-4)c4ccccc4-c4ccc(-n5c6ccccc6c6ccccc65)cc43)nc(-c3c(F)c(F)c(F)c(F)c3F)n2)c(F)c1F. The first-order valence-electron chi connectivity index (χ1n) is 20.2. The lowest BCUT2D eigenvalue weighted by Crippen LogP contribution is -2.26. The van der Waals surface area contributed by atoms with Gasteiger partial charge in [-0.05, 0) is 74.8 Å². The predicted octanol–water partition coefficient (Wildman–Crippen LogP) is 13.7. The van der Waals surface area contributed by atoms with E-state index in [1.807, 2.05) is 97.1 Å². The zero-order chi connectivity index (χ0) is 45.5. The van der Waals surface area contributed by atoms with Crippen molar-refractivity contribution in [3.63, 3.8) is 0 Å². The third kappa shape index (κ3) is 5.09. The molecule has 0 radical (unpaired) electrons. The van der Waals surface area contributed by atoms with Crippen molar-refractivity contribution in [2.75, 3.05) is 0 Å². The van der Waals surface area contributed by atoms with Gasteiger partial charge in [-0.15, -0.1) is 0 Å². The van der Waals surface area contributed by atoms with E-state index < -0.39 is 92.2 Å². The maximum Gasteiger partial charge on any atom is 0.200 e. The van der Waals surface area contributed by atoms with Gasteiger partial charge in [0.15, 0.2) is 64.0 Å². The van der Waals surface area contributed by atoms with Crippen LogP contribution in [0.2, 0.25) is 0 Å². The van der Waals surface area contributed by atoms with Crippen molar-refractivity contribution in [2.45, 2.75) is 5.41 Å². The van der Waals surface area contributed by atoms with Crippen LogP contribution >= 0.6 is 0 Å². The normalized spacial score (nSPS) is 14.6. The number of benzene rings is 8. The zero-order valence-corrected chi connectivity index (χ0v) is 33.3. The Morgan fingerprint density at radius 2 is 0.712 bits per heavy atom. The largest absolute Gasteiger partial charge is 0.309 e. The number of hydrogen-bond donors (Lipinski definition) is 0. The molecule has 1 unspecified atom stereocenters. The lowest BCUT2D eigenvalue weighted by Gasteiger charge is -2.31. The standard InChI is InChI=1S/C52H22F10N4/c53-39-37(40(54)44(58)47(61)43(39)57)50-63-49(64-51(65-50)38-41(55)45(59)48(62)46(60)42(38)56)23-17-19-27-25-9-1-5-13-31(25)52(33(27)21-23)32-14-6-2-10-26(32)28-20-18-24(22-34(28)52)66-35-15-7-3-11-29(35)30-12-4-8-16-36(30)66/h1-22H. The fourth-order valence-electron chi connectivity index (χ4n) is 9.94. The van der Waals surface area contributed by atoms with Crippen molar-refractivity contribution in [1.82, 2.24) is 19.5 Å². The van der Waals surface area contributed by atoms with E-state index in [1.165, 1.54) is 6.07 Å². The van der Waals surface area contributed by atoms with Crippen LogP contribution in [0.25, 0.3) is 83.9 Å². The molecule has 0 N–H and O–H groups in total. The van der Waals surface area contributed by atoms with Gasteiger partial charge in [-0.25, -0.2) is 58.9 Å². The Balaban J connectivity index is 1.15. The first-order chi connectivity index (χ1) is 31.9. The molecule has 1 atom stereocenters. The van der Waals surface area contributed by atoms with Crippen molar-refractivity contribution in [2.24, 2.45) is 0 Å². The third-order valence-corrected chi connectivity index (χ3v) is 12.7. The third-order valence-electron chi connectivity index (χ3n) is 12.7. The molecule has 0 saturated carbocycles. The number of hydrogen-bond acceptors (Lipinski definition) is 3. The van der Waals surface area contributed by atoms with E-state index in [1.54, 1.807) is 12.1 Å². The van der Waals surface area contributed by atoms with Crippen LogP contribution in [0.4, 0.5) is 43.9 Å². The van der Waals surface area contributed by atoms with Crippen molar-refractivity contribution >= 4 is 21.8 Å². The predicted molar refractivity (Wildman–Crippen MR) is 226 cm³/mol. The average Bonchev–Trinajstić information content (AvgIpc) is 3.95. The second-order valence-electron chi connectivity index (χ2n) is 15.9. The summed E-state index contributed by atoms with van der Waals surface area (Å²) in [5, 5.41) is 2.08. The highest BCUT2D eigenvalue weighted by atomic mass is 19.2. The maximum atomic E-state index is 15.5. The minimum Gasteiger partial charge on any atom is -0.309 e. The molecule has 320 valence electrons. The van der Waals surface area contributed by atoms with Gasteiger partial charge in [0, 0.05) is 22.0 Å². The summed E-state index contributed by atoms with van der Waals surface area (Å²) < 4.78 is 151. The molecular formula is C52H22F10N4. The van der Waals surface area contributed by atoms with Crippen LogP contribution in [0.15, 0.2) is 133 Å². The van der Waals surface area contributed by atoms with Crippen LogP contribution < -0.4 is 0 Å². The molecule has 2 heterocycles. The first-order valence-corrected chi connectivity index (χ1v) is 20.2. The fraction of sp³-hybridized carbons (Fsp3) is 0.0192. The Kier molecular flexibility index (Phi) is 8.33. The number of rotatable bonds is 4. The lowest BCUT2D eigenvalue weighted by atomic mass is 9.70. The minimum absolute atomic E-state index is 0.0388. The molecule has 66 heavy (non-hydrogen) atoms. The number of aromatic nitrogens is 4. The second-order valence-corrected chi connectivity index (χ2v) is 15.9. The van der Waals surface area contributed by atoms with E-state index >= 15 is 17.6 Å². The Bertz CT molecular complexity index is 3600. The smallest absolute Gasteiger partial charge is 0.200 e. The molecule has 4 nitrogen and oxygen atoms in total. The van der Waals surface area contributed by atoms with Gasteiger partial charge in [-0.2, -0.15) is 0 Å². The summed E-state index contributed by atoms with van der Waals surface area (Å²) in [6, 6.07) is 42.5. The van der Waals surface area contributed by atoms with E-state index in [9.17, 15) is 26.3 Å². The Labute approximate surface area is 365 Å². The summed E-state index contributed by atoms with van der Waals surface area (Å²) in [5.74, 6) is -27.7. The van der Waals surface area contributed by atoms with E-state index in [0.29, 0.717) is 11.1 Å². The quantitative estimate of drug-likeness (QED) is 0.100. The molecule has 0 amide bonds. The summed E-state index contributed by atoms with van der Waals surface area (Å²) >= 11 is 0. The van der Waals surface area contributed by atoms with E-state index in [-0.39, 0.29) is 5.56 Å². The topological polar surface area (TPSA) is 43.6 Å². The van der Waals surface area contributed by atoms with Gasteiger partial charge in [0.25, 0.3) is 0 Å². The Morgan fingerprint density at radius 1 is 0.333 bits per heavy atom. The van der Waals surface area contributed by atoms with Gasteiger partial charge in [0.2, 0.25) is 11.6 Å². The Morgan fingerprint density at radius 3 is 1.21 bits per heavy atom. The molecule has 12 rings (SSSR count). The highest BCUT2D eigenvalue weighted by Crippen LogP contribution is 2.63. The van der Waals surface area contributed by atoms with E-state index in [4.69, 9.17) is 0 Å². The number of nitrogens with zero attached hydrogens (tertiary/aromatic N) is 4. The molecule has 0 saturated heterocycles. The van der Waals surface area contributed by atoms with Crippen LogP contribution in [-0.2, 0) is 5.41 Å². The molecular weight excluding hydrogens is 871 g/mol. The minimum atomic E-state index is -2.52. The molecule has 2 aliphatic carbocycles. The summed E-state index contributed by atoms with van der Waals surface area (Å²) in [6.45, 7) is 0. The average molecular weight is 893 g/mol. The monoisotopic (exact) mass is 892 g/mol. The van der Waals surface area contributed by atoms with E-state index in [2.05, 4.69) is 37.7 Å². The van der Waals surface area contributed by atoms with Crippen molar-refractivity contribution < 1.29 is 43.9 Å². The molecule has 0 aliphatic heterocycles. The zero-order valence-electron chi connectivity index (χ0n) is 33.3. The summed E-state index contributed by atoms with van der Waals surface area (Å²) in [5.41, 5.74) is 4.66. The molecule has 2 aromatic heterocycles. The van der Waals surface area contributed by atoms with Gasteiger partial charge < -0.3 is 4.57 Å². The molecule has 0 fully saturated rings. The van der Waals surface area contributed by atoms with Gasteiger partial charge in [0.05, 0.1) is 27.6 Å². The second kappa shape index (κ2) is 13.9. The molecule has 1 spiro atoms. The Hall–Kier alpha value is -8.13. The van der Waals surface area contributed by atoms with Crippen LogP contribution in [-0.4, -0.2) is 19.5 Å². The highest BCUT2D eigenvalue weighted by Gasteiger charge is 2.52. The number of halogens is 10. The van der Waals surface area contributed by atoms with Gasteiger partial charge >= 0.3 is 0 Å². The number of para-hydroxylation sites is 2. The maximum absolute atomic E-state index is 15.5. The summed E-state index contributed by atoms with van der Waals surface area (Å²) in [6.07, 6.45) is 0. The van der Waals surface area contributed by atoms with Crippen LogP contribution in [0.5, 0.6) is 0 Å². The van der Waals surface area contributed by atoms with Gasteiger partial charge in [-0.1, -0.05) is 103 Å². The molecule has 8 aromatic carbocycles. The van der Waals surface area contributed by atoms with Crippen LogP contribution in [0.3, 0.4) is 0 Å². The molecule has 10 aromatic rings. The van der Waals surface area contributed by atoms with Gasteiger partial charge in [-0.3, -0.25) is 0 Å². The molecule has 0 bridgehead atoms. The number of fused-ring (bicyclic) bond motifs is 13. The first kappa shape index (κ1) is 39.5. The summed E-state index contributed by atoms with van der Waals surface area (Å²) in [7, 11) is 0.